The van der Waals surface area contributed by atoms with E-state index >= 15 is 0 Å². The molecule has 0 spiro atoms. The molecule has 2 aromatic heterocycles. The maximum atomic E-state index is 11.9. The molecule has 1 aliphatic rings. The monoisotopic (exact) mass is 375 g/mol. The Labute approximate surface area is 150 Å². The highest BCUT2D eigenvalue weighted by atomic mass is 35.5. The first kappa shape index (κ1) is 16.0. The molecule has 1 aromatic carbocycles. The van der Waals surface area contributed by atoms with Gasteiger partial charge in [-0.05, 0) is 29.8 Å². The van der Waals surface area contributed by atoms with Crippen LogP contribution in [-0.2, 0) is 16.6 Å². The van der Waals surface area contributed by atoms with Crippen LogP contribution in [0, 0.1) is 0 Å². The third-order valence-corrected chi connectivity index (χ3v) is 5.45. The second-order valence-corrected chi connectivity index (χ2v) is 7.83. The fraction of sp³-hybridized carbons (Fsp3) is 0.118. The molecular formula is C17H14ClN3O3S. The van der Waals surface area contributed by atoms with Gasteiger partial charge in [0.2, 0.25) is 15.9 Å². The number of hydrogen-bond acceptors (Lipinski definition) is 4. The van der Waals surface area contributed by atoms with Crippen molar-refractivity contribution in [3.05, 3.63) is 59.9 Å². The minimum atomic E-state index is -3.32. The number of fused-ring (bicyclic) bond motifs is 1. The number of pyridine rings is 1. The smallest absolute Gasteiger partial charge is 0.235 e. The lowest BCUT2D eigenvalue weighted by Crippen LogP contribution is -2.27. The Morgan fingerprint density at radius 1 is 1.16 bits per heavy atom. The van der Waals surface area contributed by atoms with Crippen LogP contribution in [0.15, 0.2) is 54.7 Å². The van der Waals surface area contributed by atoms with Crippen molar-refractivity contribution in [1.82, 2.24) is 9.55 Å². The largest absolute Gasteiger partial charge is 0.439 e. The van der Waals surface area contributed by atoms with E-state index in [1.165, 1.54) is 0 Å². The van der Waals surface area contributed by atoms with Crippen LogP contribution in [-0.4, -0.2) is 23.7 Å². The average Bonchev–Trinajstić information content (AvgIpc) is 2.91. The number of sulfonamides is 1. The first-order chi connectivity index (χ1) is 12.0. The number of hydrogen-bond donors (Lipinski definition) is 1. The van der Waals surface area contributed by atoms with Crippen molar-refractivity contribution in [2.24, 2.45) is 0 Å². The molecule has 0 bridgehead atoms. The van der Waals surface area contributed by atoms with Crippen molar-refractivity contribution in [2.45, 2.75) is 6.54 Å². The third kappa shape index (κ3) is 3.20. The summed E-state index contributed by atoms with van der Waals surface area (Å²) >= 11 is 6.24. The molecule has 0 saturated heterocycles. The van der Waals surface area contributed by atoms with Crippen LogP contribution in [0.4, 0.5) is 5.82 Å². The van der Waals surface area contributed by atoms with Crippen LogP contribution in [0.2, 0.25) is 5.15 Å². The molecule has 1 N–H and O–H groups in total. The van der Waals surface area contributed by atoms with Gasteiger partial charge in [0.15, 0.2) is 0 Å². The number of halogens is 1. The Hall–Kier alpha value is -2.51. The number of benzene rings is 1. The standard InChI is InChI=1S/C17H14ClN3O3S/c18-15-11-14(17-20-25(22,23)10-9-21(15)17)12-4-6-13(7-5-12)24-16-3-1-2-8-19-16/h1-8,11,20H,9-10H2. The minimum Gasteiger partial charge on any atom is -0.439 e. The summed E-state index contributed by atoms with van der Waals surface area (Å²) in [6.45, 7) is 0.338. The SMILES string of the molecule is O=S1(=O)CCn2c(Cl)cc(-c3ccc(Oc4ccccn4)cc3)c2N1. The zero-order valence-electron chi connectivity index (χ0n) is 13.0. The number of nitrogens with zero attached hydrogens (tertiary/aromatic N) is 2. The molecule has 8 heteroatoms. The van der Waals surface area contributed by atoms with Crippen molar-refractivity contribution in [3.8, 4) is 22.8 Å². The molecular weight excluding hydrogens is 362 g/mol. The van der Waals surface area contributed by atoms with Gasteiger partial charge in [-0.3, -0.25) is 4.72 Å². The van der Waals surface area contributed by atoms with E-state index in [1.54, 1.807) is 35.0 Å². The first-order valence-corrected chi connectivity index (χ1v) is 9.64. The van der Waals surface area contributed by atoms with Crippen LogP contribution in [0.25, 0.3) is 11.1 Å². The highest BCUT2D eigenvalue weighted by Crippen LogP contribution is 2.37. The molecule has 0 atom stereocenters. The van der Waals surface area contributed by atoms with Gasteiger partial charge in [0.05, 0.1) is 5.75 Å². The summed E-state index contributed by atoms with van der Waals surface area (Å²) in [5.74, 6) is 1.66. The van der Waals surface area contributed by atoms with E-state index < -0.39 is 10.0 Å². The van der Waals surface area contributed by atoms with Crippen molar-refractivity contribution < 1.29 is 13.2 Å². The molecule has 3 heterocycles. The zero-order valence-corrected chi connectivity index (χ0v) is 14.6. The van der Waals surface area contributed by atoms with E-state index in [0.717, 1.165) is 11.1 Å². The minimum absolute atomic E-state index is 0.0185. The molecule has 0 saturated carbocycles. The lowest BCUT2D eigenvalue weighted by molar-refractivity contribution is 0.463. The van der Waals surface area contributed by atoms with E-state index in [0.29, 0.717) is 29.1 Å². The molecule has 0 fully saturated rings. The van der Waals surface area contributed by atoms with Gasteiger partial charge in [0.25, 0.3) is 0 Å². The zero-order chi connectivity index (χ0) is 17.4. The predicted molar refractivity (Wildman–Crippen MR) is 96.6 cm³/mol. The second-order valence-electron chi connectivity index (χ2n) is 5.60. The third-order valence-electron chi connectivity index (χ3n) is 3.91. The van der Waals surface area contributed by atoms with Gasteiger partial charge >= 0.3 is 0 Å². The van der Waals surface area contributed by atoms with Crippen molar-refractivity contribution in [3.63, 3.8) is 0 Å². The molecule has 6 nitrogen and oxygen atoms in total. The number of nitrogens with one attached hydrogen (secondary N) is 1. The number of anilines is 1. The van der Waals surface area contributed by atoms with Crippen molar-refractivity contribution in [2.75, 3.05) is 10.5 Å². The van der Waals surface area contributed by atoms with Crippen LogP contribution in [0.1, 0.15) is 0 Å². The van der Waals surface area contributed by atoms with E-state index in [4.69, 9.17) is 16.3 Å². The molecule has 0 radical (unpaired) electrons. The highest BCUT2D eigenvalue weighted by molar-refractivity contribution is 7.92. The molecule has 4 rings (SSSR count). The summed E-state index contributed by atoms with van der Waals surface area (Å²) in [6, 6.07) is 14.5. The summed E-state index contributed by atoms with van der Waals surface area (Å²) in [4.78, 5) is 4.11. The van der Waals surface area contributed by atoms with Crippen LogP contribution < -0.4 is 9.46 Å². The summed E-state index contributed by atoms with van der Waals surface area (Å²) in [6.07, 6.45) is 1.66. The van der Waals surface area contributed by atoms with Crippen molar-refractivity contribution >= 4 is 27.4 Å². The van der Waals surface area contributed by atoms with Crippen LogP contribution in [0.5, 0.6) is 11.6 Å². The number of ether oxygens (including phenoxy) is 1. The lowest BCUT2D eigenvalue weighted by Gasteiger charge is -2.19. The van der Waals surface area contributed by atoms with Gasteiger partial charge in [0, 0.05) is 24.4 Å². The van der Waals surface area contributed by atoms with E-state index in [9.17, 15) is 8.42 Å². The second kappa shape index (κ2) is 6.09. The first-order valence-electron chi connectivity index (χ1n) is 7.61. The molecule has 3 aromatic rings. The fourth-order valence-electron chi connectivity index (χ4n) is 2.71. The fourth-order valence-corrected chi connectivity index (χ4v) is 4.02. The summed E-state index contributed by atoms with van der Waals surface area (Å²) < 4.78 is 33.8. The quantitative estimate of drug-likeness (QED) is 0.756. The maximum absolute atomic E-state index is 11.9. The molecule has 1 aliphatic heterocycles. The summed E-state index contributed by atoms with van der Waals surface area (Å²) in [5, 5.41) is 0.501. The van der Waals surface area contributed by atoms with Gasteiger partial charge in [-0.25, -0.2) is 13.4 Å². The molecule has 128 valence electrons. The Morgan fingerprint density at radius 2 is 1.96 bits per heavy atom. The summed E-state index contributed by atoms with van der Waals surface area (Å²) in [7, 11) is -3.32. The Morgan fingerprint density at radius 3 is 2.68 bits per heavy atom. The normalized spacial score (nSPS) is 15.2. The summed E-state index contributed by atoms with van der Waals surface area (Å²) in [5.41, 5.74) is 1.58. The van der Waals surface area contributed by atoms with Crippen LogP contribution >= 0.6 is 11.6 Å². The van der Waals surface area contributed by atoms with Crippen molar-refractivity contribution in [1.29, 1.82) is 0 Å². The lowest BCUT2D eigenvalue weighted by atomic mass is 10.1. The number of aromatic nitrogens is 2. The highest BCUT2D eigenvalue weighted by Gasteiger charge is 2.25. The van der Waals surface area contributed by atoms with Crippen LogP contribution in [0.3, 0.4) is 0 Å². The Balaban J connectivity index is 1.65. The van der Waals surface area contributed by atoms with E-state index in [2.05, 4.69) is 9.71 Å². The van der Waals surface area contributed by atoms with Gasteiger partial charge in [-0.1, -0.05) is 29.8 Å². The topological polar surface area (TPSA) is 73.2 Å². The molecule has 0 amide bonds. The number of rotatable bonds is 3. The molecule has 25 heavy (non-hydrogen) atoms. The maximum Gasteiger partial charge on any atom is 0.235 e. The van der Waals surface area contributed by atoms with Gasteiger partial charge in [0.1, 0.15) is 16.7 Å². The predicted octanol–water partition coefficient (Wildman–Crippen LogP) is 3.75. The molecule has 0 aliphatic carbocycles. The average molecular weight is 376 g/mol. The Kier molecular flexibility index (Phi) is 3.89. The molecule has 0 unspecified atom stereocenters. The van der Waals surface area contributed by atoms with Gasteiger partial charge in [-0.15, -0.1) is 0 Å². The van der Waals surface area contributed by atoms with E-state index in [1.807, 2.05) is 24.3 Å². The van der Waals surface area contributed by atoms with E-state index in [-0.39, 0.29) is 5.75 Å². The Bertz CT molecular complexity index is 1020. The van der Waals surface area contributed by atoms with Gasteiger partial charge in [-0.2, -0.15) is 0 Å². The van der Waals surface area contributed by atoms with Gasteiger partial charge < -0.3 is 9.30 Å².